The van der Waals surface area contributed by atoms with Crippen LogP contribution >= 0.6 is 11.8 Å². The van der Waals surface area contributed by atoms with Crippen molar-refractivity contribution in [3.05, 3.63) is 76.1 Å². The molecule has 0 bridgehead atoms. The van der Waals surface area contributed by atoms with Crippen molar-refractivity contribution in [2.75, 3.05) is 18.0 Å². The van der Waals surface area contributed by atoms with E-state index in [9.17, 15) is 10.1 Å². The van der Waals surface area contributed by atoms with Crippen molar-refractivity contribution < 1.29 is 4.92 Å². The van der Waals surface area contributed by atoms with Crippen LogP contribution in [0.1, 0.15) is 24.0 Å². The molecule has 3 aromatic rings. The Hall–Kier alpha value is -3.20. The van der Waals surface area contributed by atoms with Crippen molar-refractivity contribution in [3.8, 4) is 0 Å². The van der Waals surface area contributed by atoms with Crippen LogP contribution in [0.3, 0.4) is 0 Å². The molecule has 0 saturated carbocycles. The zero-order valence-electron chi connectivity index (χ0n) is 15.7. The van der Waals surface area contributed by atoms with Crippen LogP contribution in [0, 0.1) is 10.1 Å². The van der Waals surface area contributed by atoms with Crippen molar-refractivity contribution in [1.82, 2.24) is 14.9 Å². The van der Waals surface area contributed by atoms with Crippen LogP contribution in [-0.4, -0.2) is 39.1 Å². The third kappa shape index (κ3) is 4.62. The lowest BCUT2D eigenvalue weighted by molar-refractivity contribution is -0.384. The van der Waals surface area contributed by atoms with E-state index in [4.69, 9.17) is 0 Å². The molecule has 1 saturated heterocycles. The van der Waals surface area contributed by atoms with Gasteiger partial charge in [-0.2, -0.15) is 9.78 Å². The molecule has 2 heterocycles. The minimum Gasteiger partial charge on any atom is -0.366 e. The third-order valence-electron chi connectivity index (χ3n) is 4.69. The van der Waals surface area contributed by atoms with Crippen LogP contribution in [0.4, 0.5) is 11.4 Å². The Balaban J connectivity index is 1.50. The maximum atomic E-state index is 11.5. The highest BCUT2D eigenvalue weighted by Crippen LogP contribution is 2.31. The lowest BCUT2D eigenvalue weighted by Crippen LogP contribution is -2.19. The van der Waals surface area contributed by atoms with Gasteiger partial charge in [-0.3, -0.25) is 10.1 Å². The topological polar surface area (TPSA) is 89.4 Å². The summed E-state index contributed by atoms with van der Waals surface area (Å²) in [6.07, 6.45) is 5.25. The average molecular weight is 408 g/mol. The van der Waals surface area contributed by atoms with Gasteiger partial charge < -0.3 is 4.90 Å². The quantitative estimate of drug-likeness (QED) is 0.254. The lowest BCUT2D eigenvalue weighted by atomic mass is 10.1. The maximum Gasteiger partial charge on any atom is 0.293 e. The molecule has 9 heteroatoms. The SMILES string of the molecule is O=[N+]([O-])c1cc(/C=N\n2cnnc2SCc2ccccc2)ccc1N1CCCC1. The van der Waals surface area contributed by atoms with Gasteiger partial charge in [-0.25, -0.2) is 0 Å². The zero-order valence-corrected chi connectivity index (χ0v) is 16.5. The smallest absolute Gasteiger partial charge is 0.293 e. The largest absolute Gasteiger partial charge is 0.366 e. The highest BCUT2D eigenvalue weighted by atomic mass is 32.2. The molecule has 0 atom stereocenters. The van der Waals surface area contributed by atoms with E-state index in [0.29, 0.717) is 16.4 Å². The van der Waals surface area contributed by atoms with Crippen LogP contribution in [-0.2, 0) is 5.75 Å². The average Bonchev–Trinajstić information content (AvgIpc) is 3.43. The second-order valence-electron chi connectivity index (χ2n) is 6.68. The summed E-state index contributed by atoms with van der Waals surface area (Å²) in [7, 11) is 0. The van der Waals surface area contributed by atoms with Crippen molar-refractivity contribution in [2.45, 2.75) is 23.8 Å². The van der Waals surface area contributed by atoms with Crippen molar-refractivity contribution >= 4 is 29.4 Å². The second-order valence-corrected chi connectivity index (χ2v) is 7.62. The summed E-state index contributed by atoms with van der Waals surface area (Å²) in [6.45, 7) is 1.72. The summed E-state index contributed by atoms with van der Waals surface area (Å²) < 4.78 is 1.58. The van der Waals surface area contributed by atoms with Crippen LogP contribution in [0.5, 0.6) is 0 Å². The number of thioether (sulfide) groups is 1. The Labute approximate surface area is 172 Å². The summed E-state index contributed by atoms with van der Waals surface area (Å²) in [5, 5.41) is 24.6. The molecule has 0 spiro atoms. The molecule has 0 amide bonds. The summed E-state index contributed by atoms with van der Waals surface area (Å²) in [5.41, 5.74) is 2.63. The molecule has 4 rings (SSSR count). The summed E-state index contributed by atoms with van der Waals surface area (Å²) in [6, 6.07) is 15.3. The first-order valence-corrected chi connectivity index (χ1v) is 10.3. The van der Waals surface area contributed by atoms with Crippen molar-refractivity contribution in [1.29, 1.82) is 0 Å². The highest BCUT2D eigenvalue weighted by molar-refractivity contribution is 7.98. The molecule has 29 heavy (non-hydrogen) atoms. The van der Waals surface area contributed by atoms with E-state index in [1.54, 1.807) is 17.0 Å². The second kappa shape index (κ2) is 8.87. The zero-order chi connectivity index (χ0) is 20.1. The predicted molar refractivity (Wildman–Crippen MR) is 114 cm³/mol. The minimum atomic E-state index is -0.328. The van der Waals surface area contributed by atoms with Gasteiger partial charge in [-0.1, -0.05) is 48.2 Å². The number of nitro benzene ring substituents is 1. The normalized spacial score (nSPS) is 14.0. The monoisotopic (exact) mass is 408 g/mol. The first kappa shape index (κ1) is 19.1. The predicted octanol–water partition coefficient (Wildman–Crippen LogP) is 3.96. The molecular formula is C20H20N6O2S. The fraction of sp³-hybridized carbons (Fsp3) is 0.250. The van der Waals surface area contributed by atoms with Crippen LogP contribution < -0.4 is 4.90 Å². The van der Waals surface area contributed by atoms with E-state index in [1.807, 2.05) is 30.3 Å². The molecule has 0 unspecified atom stereocenters. The first-order valence-electron chi connectivity index (χ1n) is 9.35. The van der Waals surface area contributed by atoms with Gasteiger partial charge in [0.1, 0.15) is 12.0 Å². The van der Waals surface area contributed by atoms with Crippen molar-refractivity contribution in [2.24, 2.45) is 5.10 Å². The molecular weight excluding hydrogens is 388 g/mol. The number of benzene rings is 2. The maximum absolute atomic E-state index is 11.5. The van der Waals surface area contributed by atoms with Gasteiger partial charge in [0.2, 0.25) is 5.16 Å². The van der Waals surface area contributed by atoms with Crippen LogP contribution in [0.25, 0.3) is 0 Å². The number of rotatable bonds is 7. The van der Waals surface area contributed by atoms with Gasteiger partial charge in [-0.15, -0.1) is 10.2 Å². The molecule has 1 aliphatic heterocycles. The molecule has 1 aliphatic rings. The summed E-state index contributed by atoms with van der Waals surface area (Å²) in [4.78, 5) is 13.3. The van der Waals surface area contributed by atoms with Gasteiger partial charge in [-0.05, 0) is 24.5 Å². The van der Waals surface area contributed by atoms with E-state index in [0.717, 1.165) is 31.7 Å². The Kier molecular flexibility index (Phi) is 5.85. The summed E-state index contributed by atoms with van der Waals surface area (Å²) in [5.74, 6) is 0.755. The Bertz CT molecular complexity index is 1010. The Morgan fingerprint density at radius 2 is 1.97 bits per heavy atom. The fourth-order valence-corrected chi connectivity index (χ4v) is 4.06. The van der Waals surface area contributed by atoms with Gasteiger partial charge in [0.25, 0.3) is 5.69 Å². The number of anilines is 1. The van der Waals surface area contributed by atoms with Crippen LogP contribution in [0.2, 0.25) is 0 Å². The highest BCUT2D eigenvalue weighted by Gasteiger charge is 2.22. The first-order chi connectivity index (χ1) is 14.2. The van der Waals surface area contributed by atoms with Gasteiger partial charge in [0.05, 0.1) is 11.1 Å². The number of nitro groups is 1. The van der Waals surface area contributed by atoms with Crippen molar-refractivity contribution in [3.63, 3.8) is 0 Å². The Morgan fingerprint density at radius 3 is 2.72 bits per heavy atom. The standard InChI is InChI=1S/C20H20N6O2S/c27-26(28)19-12-17(8-9-18(19)24-10-4-5-11-24)13-22-25-15-21-23-20(25)29-14-16-6-2-1-3-7-16/h1-3,6-9,12-13,15H,4-5,10-11,14H2/b22-13-. The minimum absolute atomic E-state index is 0.110. The van der Waals surface area contributed by atoms with E-state index in [-0.39, 0.29) is 10.6 Å². The number of nitrogens with zero attached hydrogens (tertiary/aromatic N) is 6. The number of hydrogen-bond acceptors (Lipinski definition) is 7. The molecule has 0 aliphatic carbocycles. The lowest BCUT2D eigenvalue weighted by Gasteiger charge is -2.17. The molecule has 0 radical (unpaired) electrons. The van der Waals surface area contributed by atoms with E-state index in [1.165, 1.54) is 23.7 Å². The van der Waals surface area contributed by atoms with Gasteiger partial charge in [0, 0.05) is 30.5 Å². The van der Waals surface area contributed by atoms with E-state index in [2.05, 4.69) is 32.3 Å². The molecule has 148 valence electrons. The van der Waals surface area contributed by atoms with E-state index < -0.39 is 0 Å². The Morgan fingerprint density at radius 1 is 1.17 bits per heavy atom. The molecule has 1 fully saturated rings. The van der Waals surface area contributed by atoms with E-state index >= 15 is 0 Å². The molecule has 0 N–H and O–H groups in total. The molecule has 2 aromatic carbocycles. The van der Waals surface area contributed by atoms with Gasteiger partial charge in [0.15, 0.2) is 0 Å². The number of hydrogen-bond donors (Lipinski definition) is 0. The summed E-state index contributed by atoms with van der Waals surface area (Å²) >= 11 is 1.53. The molecule has 1 aromatic heterocycles. The molecule has 8 nitrogen and oxygen atoms in total. The number of aromatic nitrogens is 3. The van der Waals surface area contributed by atoms with Crippen LogP contribution in [0.15, 0.2) is 65.1 Å². The van der Waals surface area contributed by atoms with Gasteiger partial charge >= 0.3 is 0 Å². The fourth-order valence-electron chi connectivity index (χ4n) is 3.24. The third-order valence-corrected chi connectivity index (χ3v) is 5.69.